The molecule has 0 aliphatic carbocycles. The van der Waals surface area contributed by atoms with Crippen molar-refractivity contribution in [3.05, 3.63) is 88.2 Å². The van der Waals surface area contributed by atoms with Crippen LogP contribution in [0, 0.1) is 5.82 Å². The van der Waals surface area contributed by atoms with Gasteiger partial charge in [0.15, 0.2) is 5.58 Å². The van der Waals surface area contributed by atoms with E-state index in [1.54, 1.807) is 30.3 Å². The molecule has 0 spiro atoms. The first-order valence-corrected chi connectivity index (χ1v) is 10.3. The van der Waals surface area contributed by atoms with Crippen LogP contribution in [0.5, 0.6) is 0 Å². The van der Waals surface area contributed by atoms with E-state index in [0.717, 1.165) is 10.0 Å². The molecule has 6 nitrogen and oxygen atoms in total. The minimum atomic E-state index is -0.945. The Bertz CT molecular complexity index is 1360. The summed E-state index contributed by atoms with van der Waals surface area (Å²) in [5.74, 6) is -1.86. The average molecular weight is 495 g/mol. The predicted octanol–water partition coefficient (Wildman–Crippen LogP) is 5.68. The summed E-state index contributed by atoms with van der Waals surface area (Å²) in [5.41, 5.74) is 2.77. The normalized spacial score (nSPS) is 11.2. The van der Waals surface area contributed by atoms with Gasteiger partial charge in [-0.2, -0.15) is 0 Å². The van der Waals surface area contributed by atoms with Gasteiger partial charge in [0.1, 0.15) is 11.3 Å². The number of aromatic nitrogens is 1. The fourth-order valence-electron chi connectivity index (χ4n) is 3.09. The maximum atomic E-state index is 14.6. The van der Waals surface area contributed by atoms with Crippen molar-refractivity contribution in [2.45, 2.75) is 6.42 Å². The summed E-state index contributed by atoms with van der Waals surface area (Å²) in [4.78, 5) is 27.4. The molecule has 32 heavy (non-hydrogen) atoms. The Balaban J connectivity index is 1.50. The highest BCUT2D eigenvalue weighted by Gasteiger charge is 2.13. The Morgan fingerprint density at radius 2 is 1.97 bits per heavy atom. The molecule has 1 aromatic heterocycles. The van der Waals surface area contributed by atoms with E-state index in [2.05, 4.69) is 26.2 Å². The number of hydrogen-bond acceptors (Lipinski definition) is 4. The number of nitrogens with one attached hydrogen (secondary N) is 1. The van der Waals surface area contributed by atoms with Crippen molar-refractivity contribution in [1.29, 1.82) is 0 Å². The van der Waals surface area contributed by atoms with Gasteiger partial charge in [0.2, 0.25) is 11.8 Å². The van der Waals surface area contributed by atoms with Gasteiger partial charge in [0.05, 0.1) is 12.1 Å². The van der Waals surface area contributed by atoms with Crippen LogP contribution in [0.4, 0.5) is 10.1 Å². The lowest BCUT2D eigenvalue weighted by Crippen LogP contribution is -2.09. The first-order valence-electron chi connectivity index (χ1n) is 9.53. The molecule has 4 rings (SSSR count). The van der Waals surface area contributed by atoms with Gasteiger partial charge in [-0.05, 0) is 59.7 Å². The Morgan fingerprint density at radius 3 is 2.72 bits per heavy atom. The SMILES string of the molecule is O=C(O)Cc1ccc2oc(-c3ccc(NC(=O)/C=C/c4cccc(Br)c4)c(F)c3)nc2c1. The fraction of sp³-hybridized carbons (Fsp3) is 0.0417. The quantitative estimate of drug-likeness (QED) is 0.336. The lowest BCUT2D eigenvalue weighted by molar-refractivity contribution is -0.136. The molecule has 0 aliphatic heterocycles. The van der Waals surface area contributed by atoms with Gasteiger partial charge >= 0.3 is 5.97 Å². The van der Waals surface area contributed by atoms with Crippen molar-refractivity contribution in [1.82, 2.24) is 4.98 Å². The highest BCUT2D eigenvalue weighted by Crippen LogP contribution is 2.28. The zero-order chi connectivity index (χ0) is 22.7. The molecule has 0 saturated heterocycles. The number of carbonyl (C=O) groups excluding carboxylic acids is 1. The molecule has 1 heterocycles. The van der Waals surface area contributed by atoms with E-state index in [0.29, 0.717) is 22.2 Å². The molecule has 0 aliphatic rings. The van der Waals surface area contributed by atoms with Gasteiger partial charge in [-0.1, -0.05) is 34.1 Å². The number of nitrogens with zero attached hydrogens (tertiary/aromatic N) is 1. The molecule has 160 valence electrons. The van der Waals surface area contributed by atoms with Crippen molar-refractivity contribution < 1.29 is 23.5 Å². The summed E-state index contributed by atoms with van der Waals surface area (Å²) in [6.45, 7) is 0. The minimum Gasteiger partial charge on any atom is -0.481 e. The minimum absolute atomic E-state index is 0.0255. The standard InChI is InChI=1S/C24H16BrFN2O4/c25-17-3-1-2-14(10-17)5-9-22(29)27-19-7-6-16(13-18(19)26)24-28-20-11-15(12-23(30)31)4-8-21(20)32-24/h1-11,13H,12H2,(H,27,29)(H,30,31)/b9-5+. The largest absolute Gasteiger partial charge is 0.481 e. The molecular weight excluding hydrogens is 479 g/mol. The average Bonchev–Trinajstić information content (AvgIpc) is 3.17. The number of carboxylic acid groups (broad SMARTS) is 1. The third kappa shape index (κ3) is 5.09. The van der Waals surface area contributed by atoms with Gasteiger partial charge in [-0.3, -0.25) is 9.59 Å². The molecule has 2 N–H and O–H groups in total. The Kier molecular flexibility index (Phi) is 6.13. The number of anilines is 1. The topological polar surface area (TPSA) is 92.4 Å². The van der Waals surface area contributed by atoms with Crippen LogP contribution in [0.3, 0.4) is 0 Å². The van der Waals surface area contributed by atoms with Crippen LogP contribution in [-0.4, -0.2) is 22.0 Å². The van der Waals surface area contributed by atoms with Gasteiger partial charge in [-0.15, -0.1) is 0 Å². The van der Waals surface area contributed by atoms with Gasteiger partial charge < -0.3 is 14.8 Å². The van der Waals surface area contributed by atoms with Gasteiger partial charge in [-0.25, -0.2) is 9.37 Å². The van der Waals surface area contributed by atoms with Crippen LogP contribution < -0.4 is 5.32 Å². The maximum absolute atomic E-state index is 14.6. The molecular formula is C24H16BrFN2O4. The van der Waals surface area contributed by atoms with Crippen molar-refractivity contribution in [2.24, 2.45) is 0 Å². The molecule has 0 bridgehead atoms. The lowest BCUT2D eigenvalue weighted by atomic mass is 10.1. The number of benzene rings is 3. The molecule has 0 saturated carbocycles. The Morgan fingerprint density at radius 1 is 1.12 bits per heavy atom. The molecule has 4 aromatic rings. The Labute approximate surface area is 190 Å². The van der Waals surface area contributed by atoms with Crippen molar-refractivity contribution in [2.75, 3.05) is 5.32 Å². The van der Waals surface area contributed by atoms with E-state index in [1.807, 2.05) is 24.3 Å². The van der Waals surface area contributed by atoms with E-state index >= 15 is 0 Å². The second-order valence-corrected chi connectivity index (χ2v) is 7.88. The van der Waals surface area contributed by atoms with Gasteiger partial charge in [0.25, 0.3) is 0 Å². The van der Waals surface area contributed by atoms with Crippen LogP contribution in [0.2, 0.25) is 0 Å². The first-order chi connectivity index (χ1) is 15.4. The first kappa shape index (κ1) is 21.5. The smallest absolute Gasteiger partial charge is 0.307 e. The van der Waals surface area contributed by atoms with Crippen molar-refractivity contribution >= 4 is 50.7 Å². The second kappa shape index (κ2) is 9.15. The number of fused-ring (bicyclic) bond motifs is 1. The van der Waals surface area contributed by atoms with Crippen LogP contribution >= 0.6 is 15.9 Å². The van der Waals surface area contributed by atoms with Gasteiger partial charge in [0, 0.05) is 16.1 Å². The number of hydrogen-bond donors (Lipinski definition) is 2. The number of amides is 1. The highest BCUT2D eigenvalue weighted by atomic mass is 79.9. The molecule has 0 atom stereocenters. The number of aliphatic carboxylic acids is 1. The van der Waals surface area contributed by atoms with Crippen LogP contribution in [-0.2, 0) is 16.0 Å². The third-order valence-electron chi connectivity index (χ3n) is 4.56. The number of halogens is 2. The summed E-state index contributed by atoms with van der Waals surface area (Å²) >= 11 is 3.36. The van der Waals surface area contributed by atoms with E-state index in [4.69, 9.17) is 9.52 Å². The maximum Gasteiger partial charge on any atom is 0.307 e. The molecule has 0 fully saturated rings. The highest BCUT2D eigenvalue weighted by molar-refractivity contribution is 9.10. The molecule has 8 heteroatoms. The lowest BCUT2D eigenvalue weighted by Gasteiger charge is -2.05. The van der Waals surface area contributed by atoms with E-state index in [-0.39, 0.29) is 18.0 Å². The summed E-state index contributed by atoms with van der Waals surface area (Å²) in [6.07, 6.45) is 2.82. The number of oxazole rings is 1. The van der Waals surface area contributed by atoms with E-state index in [9.17, 15) is 14.0 Å². The summed E-state index contributed by atoms with van der Waals surface area (Å²) in [7, 11) is 0. The fourth-order valence-corrected chi connectivity index (χ4v) is 3.50. The predicted molar refractivity (Wildman–Crippen MR) is 123 cm³/mol. The van der Waals surface area contributed by atoms with E-state index in [1.165, 1.54) is 18.2 Å². The Hall–Kier alpha value is -3.78. The van der Waals surface area contributed by atoms with Crippen LogP contribution in [0.1, 0.15) is 11.1 Å². The summed E-state index contributed by atoms with van der Waals surface area (Å²) < 4.78 is 21.1. The monoisotopic (exact) mass is 494 g/mol. The second-order valence-electron chi connectivity index (χ2n) is 6.96. The number of carbonyl (C=O) groups is 2. The molecule has 0 radical (unpaired) electrons. The van der Waals surface area contributed by atoms with Crippen LogP contribution in [0.25, 0.3) is 28.6 Å². The van der Waals surface area contributed by atoms with Crippen molar-refractivity contribution in [3.8, 4) is 11.5 Å². The zero-order valence-corrected chi connectivity index (χ0v) is 18.1. The number of carboxylic acids is 1. The van der Waals surface area contributed by atoms with E-state index < -0.39 is 17.7 Å². The van der Waals surface area contributed by atoms with Crippen molar-refractivity contribution in [3.63, 3.8) is 0 Å². The summed E-state index contributed by atoms with van der Waals surface area (Å²) in [5, 5.41) is 11.4. The third-order valence-corrected chi connectivity index (χ3v) is 5.05. The molecule has 0 unspecified atom stereocenters. The molecule has 3 aromatic carbocycles. The molecule has 1 amide bonds. The summed E-state index contributed by atoms with van der Waals surface area (Å²) in [6, 6.07) is 16.5. The number of rotatable bonds is 6. The van der Waals surface area contributed by atoms with Crippen LogP contribution in [0.15, 0.2) is 75.6 Å². The zero-order valence-electron chi connectivity index (χ0n) is 16.5.